The van der Waals surface area contributed by atoms with Crippen molar-refractivity contribution in [1.82, 2.24) is 0 Å². The zero-order chi connectivity index (χ0) is 15.3. The Balaban J connectivity index is 2.59. The van der Waals surface area contributed by atoms with E-state index in [-0.39, 0.29) is 6.07 Å². The van der Waals surface area contributed by atoms with Gasteiger partial charge >= 0.3 is 11.8 Å². The number of aliphatic hydroxyl groups is 2. The second kappa shape index (κ2) is 4.34. The Hall–Kier alpha value is -1.32. The maximum atomic E-state index is 13.7. The van der Waals surface area contributed by atoms with E-state index in [1.165, 1.54) is 0 Å². The van der Waals surface area contributed by atoms with E-state index in [1.807, 2.05) is 0 Å². The molecule has 20 heavy (non-hydrogen) atoms. The first-order valence-electron chi connectivity index (χ1n) is 5.29. The Bertz CT molecular complexity index is 535. The van der Waals surface area contributed by atoms with Crippen LogP contribution in [0.1, 0.15) is 5.56 Å². The second-order valence-electron chi connectivity index (χ2n) is 4.29. The maximum Gasteiger partial charge on any atom is 0.369 e. The van der Waals surface area contributed by atoms with E-state index >= 15 is 0 Å². The highest BCUT2D eigenvalue weighted by Gasteiger charge is 2.76. The zero-order valence-corrected chi connectivity index (χ0v) is 9.59. The van der Waals surface area contributed by atoms with Crippen molar-refractivity contribution in [2.45, 2.75) is 23.7 Å². The summed E-state index contributed by atoms with van der Waals surface area (Å²) in [5, 5.41) is 18.5. The molecule has 0 saturated carbocycles. The minimum Gasteiger partial charge on any atom is -0.384 e. The summed E-state index contributed by atoms with van der Waals surface area (Å²) < 4.78 is 84.4. The van der Waals surface area contributed by atoms with E-state index < -0.39 is 47.5 Å². The van der Waals surface area contributed by atoms with Gasteiger partial charge in [-0.1, -0.05) is 0 Å². The van der Waals surface area contributed by atoms with Crippen LogP contribution >= 0.6 is 0 Å². The van der Waals surface area contributed by atoms with Crippen LogP contribution in [-0.4, -0.2) is 34.8 Å². The van der Waals surface area contributed by atoms with E-state index in [9.17, 15) is 31.4 Å². The van der Waals surface area contributed by atoms with E-state index in [0.29, 0.717) is 12.1 Å². The van der Waals surface area contributed by atoms with Gasteiger partial charge in [-0.2, -0.15) is 17.6 Å². The average Bonchev–Trinajstić information content (AvgIpc) is 2.33. The van der Waals surface area contributed by atoms with Crippen molar-refractivity contribution in [2.75, 3.05) is 6.61 Å². The van der Waals surface area contributed by atoms with Gasteiger partial charge in [0.2, 0.25) is 0 Å². The van der Waals surface area contributed by atoms with Crippen molar-refractivity contribution >= 4 is 0 Å². The first kappa shape index (κ1) is 15.1. The van der Waals surface area contributed by atoms with Crippen molar-refractivity contribution in [3.8, 4) is 0 Å². The monoisotopic (exact) mass is 302 g/mol. The molecule has 1 aliphatic rings. The Morgan fingerprint density at radius 2 is 1.75 bits per heavy atom. The molecule has 0 radical (unpaired) electrons. The predicted octanol–water partition coefficient (Wildman–Crippen LogP) is 1.77. The molecular weight excluding hydrogens is 294 g/mol. The Morgan fingerprint density at radius 3 is 2.30 bits per heavy atom. The molecule has 3 nitrogen and oxygen atoms in total. The molecule has 0 amide bonds. The molecule has 1 fully saturated rings. The van der Waals surface area contributed by atoms with Crippen LogP contribution in [0.15, 0.2) is 18.2 Å². The number of hydrogen-bond acceptors (Lipinski definition) is 3. The smallest absolute Gasteiger partial charge is 0.369 e. The summed E-state index contributed by atoms with van der Waals surface area (Å²) >= 11 is 0. The summed E-state index contributed by atoms with van der Waals surface area (Å²) in [6, 6.07) is 1.00. The summed E-state index contributed by atoms with van der Waals surface area (Å²) in [4.78, 5) is 0. The highest BCUT2D eigenvalue weighted by molar-refractivity contribution is 5.28. The van der Waals surface area contributed by atoms with Crippen molar-refractivity contribution in [1.29, 1.82) is 0 Å². The van der Waals surface area contributed by atoms with Crippen molar-refractivity contribution < 1.29 is 41.3 Å². The van der Waals surface area contributed by atoms with Crippen LogP contribution in [0.25, 0.3) is 0 Å². The third kappa shape index (κ3) is 1.80. The molecule has 2 rings (SSSR count). The minimum atomic E-state index is -5.32. The van der Waals surface area contributed by atoms with Crippen LogP contribution in [0.2, 0.25) is 0 Å². The van der Waals surface area contributed by atoms with Crippen molar-refractivity contribution in [3.63, 3.8) is 0 Å². The fourth-order valence-corrected chi connectivity index (χ4v) is 1.84. The largest absolute Gasteiger partial charge is 0.384 e. The fraction of sp³-hybridized carbons (Fsp3) is 0.455. The molecule has 1 aromatic rings. The molecule has 1 aromatic carbocycles. The molecule has 0 aliphatic carbocycles. The number of hydrogen-bond donors (Lipinski definition) is 2. The second-order valence-corrected chi connectivity index (χ2v) is 4.29. The Labute approximate surface area is 108 Å². The van der Waals surface area contributed by atoms with Gasteiger partial charge in [-0.25, -0.2) is 8.78 Å². The van der Waals surface area contributed by atoms with Gasteiger partial charge in [0.1, 0.15) is 17.7 Å². The third-order valence-electron chi connectivity index (χ3n) is 3.01. The molecule has 1 heterocycles. The van der Waals surface area contributed by atoms with Gasteiger partial charge in [0, 0.05) is 6.07 Å². The summed E-state index contributed by atoms with van der Waals surface area (Å²) in [7, 11) is 0. The molecule has 112 valence electrons. The zero-order valence-electron chi connectivity index (χ0n) is 9.59. The number of alkyl halides is 4. The summed E-state index contributed by atoms with van der Waals surface area (Å²) in [6.45, 7) is -1.35. The predicted molar refractivity (Wildman–Crippen MR) is 52.1 cm³/mol. The topological polar surface area (TPSA) is 49.7 Å². The molecule has 1 saturated heterocycles. The van der Waals surface area contributed by atoms with E-state index in [4.69, 9.17) is 5.11 Å². The Morgan fingerprint density at radius 1 is 1.15 bits per heavy atom. The molecule has 0 spiro atoms. The van der Waals surface area contributed by atoms with Crippen LogP contribution in [-0.2, 0) is 10.5 Å². The van der Waals surface area contributed by atoms with Crippen molar-refractivity contribution in [3.05, 3.63) is 35.4 Å². The summed E-state index contributed by atoms with van der Waals surface area (Å²) in [5.74, 6) is -17.2. The highest BCUT2D eigenvalue weighted by atomic mass is 19.3. The van der Waals surface area contributed by atoms with Gasteiger partial charge in [-0.15, -0.1) is 0 Å². The summed E-state index contributed by atoms with van der Waals surface area (Å²) in [6.07, 6.45) is -2.87. The molecule has 0 unspecified atom stereocenters. The number of halogens is 6. The third-order valence-corrected chi connectivity index (χ3v) is 3.01. The lowest BCUT2D eigenvalue weighted by Gasteiger charge is -2.45. The normalized spacial score (nSPS) is 32.1. The van der Waals surface area contributed by atoms with E-state index in [2.05, 4.69) is 4.74 Å². The maximum absolute atomic E-state index is 13.7. The standard InChI is InChI=1S/C11H8F6O3/c12-5-1-2-6(7(13)3-5)10(19)11(16,17)9(14,15)8(18)4-20-10/h1-3,8,18-19H,4H2/t8-,10-/m1/s1. The van der Waals surface area contributed by atoms with Crippen LogP contribution in [0, 0.1) is 11.6 Å². The minimum absolute atomic E-state index is 0.135. The fourth-order valence-electron chi connectivity index (χ4n) is 1.84. The summed E-state index contributed by atoms with van der Waals surface area (Å²) in [5.41, 5.74) is -1.35. The number of aliphatic hydroxyl groups excluding tert-OH is 1. The van der Waals surface area contributed by atoms with Gasteiger partial charge in [0.25, 0.3) is 5.79 Å². The number of rotatable bonds is 1. The van der Waals surface area contributed by atoms with Gasteiger partial charge < -0.3 is 14.9 Å². The molecule has 9 heteroatoms. The number of benzene rings is 1. The van der Waals surface area contributed by atoms with Crippen LogP contribution in [0.5, 0.6) is 0 Å². The molecule has 0 aromatic heterocycles. The lowest BCUT2D eigenvalue weighted by atomic mass is 9.89. The van der Waals surface area contributed by atoms with Crippen LogP contribution in [0.3, 0.4) is 0 Å². The van der Waals surface area contributed by atoms with E-state index in [0.717, 1.165) is 0 Å². The average molecular weight is 302 g/mol. The molecule has 1 aliphatic heterocycles. The van der Waals surface area contributed by atoms with Gasteiger partial charge in [0.15, 0.2) is 0 Å². The molecule has 2 atom stereocenters. The van der Waals surface area contributed by atoms with Gasteiger partial charge in [-0.3, -0.25) is 0 Å². The molecule has 0 bridgehead atoms. The van der Waals surface area contributed by atoms with Crippen LogP contribution < -0.4 is 0 Å². The van der Waals surface area contributed by atoms with Gasteiger partial charge in [0.05, 0.1) is 12.2 Å². The lowest BCUT2D eigenvalue weighted by molar-refractivity contribution is -0.434. The highest BCUT2D eigenvalue weighted by Crippen LogP contribution is 2.53. The lowest BCUT2D eigenvalue weighted by Crippen LogP contribution is -2.67. The quantitative estimate of drug-likeness (QED) is 0.777. The SMILES string of the molecule is O[C@@H]1CO[C@](O)(c2ccc(F)cc2F)C(F)(F)C1(F)F. The Kier molecular flexibility index (Phi) is 3.27. The molecular formula is C11H8F6O3. The first-order valence-corrected chi connectivity index (χ1v) is 5.29. The van der Waals surface area contributed by atoms with Crippen LogP contribution in [0.4, 0.5) is 26.3 Å². The van der Waals surface area contributed by atoms with E-state index in [1.54, 1.807) is 0 Å². The first-order chi connectivity index (χ1) is 9.04. The van der Waals surface area contributed by atoms with Crippen molar-refractivity contribution in [2.24, 2.45) is 0 Å². The molecule has 2 N–H and O–H groups in total. The number of ether oxygens (including phenoxy) is 1. The van der Waals surface area contributed by atoms with Gasteiger partial charge in [-0.05, 0) is 12.1 Å².